The summed E-state index contributed by atoms with van der Waals surface area (Å²) in [7, 11) is 1.54. The zero-order valence-electron chi connectivity index (χ0n) is 9.73. The predicted octanol–water partition coefficient (Wildman–Crippen LogP) is 2.93. The summed E-state index contributed by atoms with van der Waals surface area (Å²) in [6.45, 7) is 0. The molecule has 1 aromatic carbocycles. The van der Waals surface area contributed by atoms with Gasteiger partial charge in [-0.15, -0.1) is 0 Å². The van der Waals surface area contributed by atoms with Crippen LogP contribution < -0.4 is 10.5 Å². The minimum absolute atomic E-state index is 0.273. The van der Waals surface area contributed by atoms with E-state index in [4.69, 9.17) is 22.1 Å². The molecule has 1 unspecified atom stereocenters. The van der Waals surface area contributed by atoms with Crippen molar-refractivity contribution in [3.63, 3.8) is 0 Å². The van der Waals surface area contributed by atoms with Crippen molar-refractivity contribution in [3.8, 4) is 5.75 Å². The number of rotatable bonds is 3. The summed E-state index contributed by atoms with van der Waals surface area (Å²) < 4.78 is 18.2. The first-order valence-electron chi connectivity index (χ1n) is 5.33. The monoisotopic (exact) mass is 266 g/mol. The van der Waals surface area contributed by atoms with Crippen LogP contribution in [-0.2, 0) is 0 Å². The number of ether oxygens (including phenoxy) is 1. The van der Waals surface area contributed by atoms with Gasteiger partial charge in [-0.3, -0.25) is 4.98 Å². The second-order valence-corrected chi connectivity index (χ2v) is 4.14. The van der Waals surface area contributed by atoms with Crippen molar-refractivity contribution in [2.45, 2.75) is 6.04 Å². The van der Waals surface area contributed by atoms with Crippen molar-refractivity contribution in [1.82, 2.24) is 4.98 Å². The number of nitrogens with two attached hydrogens (primary N) is 1. The first kappa shape index (κ1) is 12.8. The van der Waals surface area contributed by atoms with E-state index < -0.39 is 11.9 Å². The Balaban J connectivity index is 2.44. The molecule has 0 spiro atoms. The molecule has 2 N–H and O–H groups in total. The molecule has 0 aliphatic rings. The van der Waals surface area contributed by atoms with Crippen molar-refractivity contribution < 1.29 is 9.13 Å². The molecule has 94 valence electrons. The van der Waals surface area contributed by atoms with E-state index >= 15 is 0 Å². The Kier molecular flexibility index (Phi) is 3.79. The Hall–Kier alpha value is -1.65. The van der Waals surface area contributed by atoms with Gasteiger partial charge in [-0.2, -0.15) is 0 Å². The molecule has 0 aliphatic carbocycles. The van der Waals surface area contributed by atoms with Crippen molar-refractivity contribution in [2.75, 3.05) is 7.11 Å². The average molecular weight is 267 g/mol. The van der Waals surface area contributed by atoms with Gasteiger partial charge in [0.15, 0.2) is 0 Å². The molecule has 5 heteroatoms. The van der Waals surface area contributed by atoms with Crippen LogP contribution in [0.1, 0.15) is 17.3 Å². The third kappa shape index (κ3) is 2.44. The maximum Gasteiger partial charge on any atom is 0.142 e. The van der Waals surface area contributed by atoms with Crippen LogP contribution in [0, 0.1) is 5.82 Å². The topological polar surface area (TPSA) is 48.1 Å². The number of nitrogens with zero attached hydrogens (tertiary/aromatic N) is 1. The molecule has 1 aromatic heterocycles. The maximum atomic E-state index is 13.0. The fourth-order valence-electron chi connectivity index (χ4n) is 1.71. The van der Waals surface area contributed by atoms with E-state index in [0.29, 0.717) is 17.0 Å². The SMILES string of the molecule is COc1cccnc1C(N)c1ccc(F)cc1Cl. The highest BCUT2D eigenvalue weighted by Crippen LogP contribution is 2.30. The Morgan fingerprint density at radius 1 is 1.39 bits per heavy atom. The lowest BCUT2D eigenvalue weighted by atomic mass is 10.0. The van der Waals surface area contributed by atoms with Gasteiger partial charge < -0.3 is 10.5 Å². The van der Waals surface area contributed by atoms with Crippen molar-refractivity contribution in [1.29, 1.82) is 0 Å². The van der Waals surface area contributed by atoms with Crippen LogP contribution in [0.4, 0.5) is 4.39 Å². The summed E-state index contributed by atoms with van der Waals surface area (Å²) in [5, 5.41) is 0.273. The Morgan fingerprint density at radius 3 is 2.83 bits per heavy atom. The lowest BCUT2D eigenvalue weighted by Crippen LogP contribution is -2.15. The minimum atomic E-state index is -0.561. The lowest BCUT2D eigenvalue weighted by Gasteiger charge is -2.15. The third-order valence-electron chi connectivity index (χ3n) is 2.61. The van der Waals surface area contributed by atoms with Crippen LogP contribution in [0.15, 0.2) is 36.5 Å². The van der Waals surface area contributed by atoms with E-state index in [-0.39, 0.29) is 5.02 Å². The van der Waals surface area contributed by atoms with Gasteiger partial charge in [-0.05, 0) is 29.8 Å². The number of methoxy groups -OCH3 is 1. The van der Waals surface area contributed by atoms with E-state index in [2.05, 4.69) is 4.98 Å². The van der Waals surface area contributed by atoms with Crippen LogP contribution in [0.5, 0.6) is 5.75 Å². The van der Waals surface area contributed by atoms with Crippen molar-refractivity contribution >= 4 is 11.6 Å². The molecular weight excluding hydrogens is 255 g/mol. The van der Waals surface area contributed by atoms with Gasteiger partial charge in [0.05, 0.1) is 13.2 Å². The zero-order chi connectivity index (χ0) is 13.1. The molecule has 1 heterocycles. The van der Waals surface area contributed by atoms with Gasteiger partial charge in [0.1, 0.15) is 17.3 Å². The summed E-state index contributed by atoms with van der Waals surface area (Å²) in [6.07, 6.45) is 1.62. The highest BCUT2D eigenvalue weighted by molar-refractivity contribution is 6.31. The summed E-state index contributed by atoms with van der Waals surface area (Å²) in [5.41, 5.74) is 7.26. The van der Waals surface area contributed by atoms with Crippen LogP contribution >= 0.6 is 11.6 Å². The lowest BCUT2D eigenvalue weighted by molar-refractivity contribution is 0.404. The fourth-order valence-corrected chi connectivity index (χ4v) is 1.99. The summed E-state index contributed by atoms with van der Waals surface area (Å²) in [6, 6.07) is 7.05. The molecule has 0 saturated carbocycles. The van der Waals surface area contributed by atoms with Gasteiger partial charge in [0, 0.05) is 11.2 Å². The molecule has 0 aliphatic heterocycles. The fraction of sp³-hybridized carbons (Fsp3) is 0.154. The highest BCUT2D eigenvalue weighted by atomic mass is 35.5. The number of aromatic nitrogens is 1. The number of pyridine rings is 1. The Morgan fingerprint density at radius 2 is 2.17 bits per heavy atom. The van der Waals surface area contributed by atoms with Crippen LogP contribution in [0.2, 0.25) is 5.02 Å². The second kappa shape index (κ2) is 5.33. The quantitative estimate of drug-likeness (QED) is 0.929. The summed E-state index contributed by atoms with van der Waals surface area (Å²) in [5.74, 6) is 0.175. The minimum Gasteiger partial charge on any atom is -0.495 e. The Bertz CT molecular complexity index is 562. The average Bonchev–Trinajstić information content (AvgIpc) is 2.38. The molecular formula is C13H12ClFN2O. The molecule has 0 saturated heterocycles. The highest BCUT2D eigenvalue weighted by Gasteiger charge is 2.18. The summed E-state index contributed by atoms with van der Waals surface area (Å²) >= 11 is 5.98. The van der Waals surface area contributed by atoms with Gasteiger partial charge in [-0.1, -0.05) is 17.7 Å². The molecule has 0 fully saturated rings. The number of halogens is 2. The molecule has 3 nitrogen and oxygen atoms in total. The Labute approximate surface area is 109 Å². The standard InChI is InChI=1S/C13H12ClFN2O/c1-18-11-3-2-6-17-13(11)12(16)9-5-4-8(15)7-10(9)14/h2-7,12H,16H2,1H3. The molecule has 0 amide bonds. The van der Waals surface area contributed by atoms with E-state index in [1.165, 1.54) is 12.1 Å². The van der Waals surface area contributed by atoms with Crippen LogP contribution in [0.3, 0.4) is 0 Å². The molecule has 0 radical (unpaired) electrons. The van der Waals surface area contributed by atoms with E-state index in [9.17, 15) is 4.39 Å². The zero-order valence-corrected chi connectivity index (χ0v) is 10.5. The number of hydrogen-bond acceptors (Lipinski definition) is 3. The second-order valence-electron chi connectivity index (χ2n) is 3.73. The third-order valence-corrected chi connectivity index (χ3v) is 2.94. The van der Waals surface area contributed by atoms with Crippen LogP contribution in [-0.4, -0.2) is 12.1 Å². The van der Waals surface area contributed by atoms with E-state index in [1.807, 2.05) is 0 Å². The first-order chi connectivity index (χ1) is 8.63. The maximum absolute atomic E-state index is 13.0. The van der Waals surface area contributed by atoms with E-state index in [0.717, 1.165) is 0 Å². The van der Waals surface area contributed by atoms with Crippen molar-refractivity contribution in [2.24, 2.45) is 5.73 Å². The van der Waals surface area contributed by atoms with Gasteiger partial charge >= 0.3 is 0 Å². The largest absolute Gasteiger partial charge is 0.495 e. The molecule has 2 rings (SSSR count). The van der Waals surface area contributed by atoms with Crippen molar-refractivity contribution in [3.05, 3.63) is 58.6 Å². The smallest absolute Gasteiger partial charge is 0.142 e. The molecule has 2 aromatic rings. The summed E-state index contributed by atoms with van der Waals surface area (Å²) in [4.78, 5) is 4.19. The predicted molar refractivity (Wildman–Crippen MR) is 68.2 cm³/mol. The number of benzene rings is 1. The van der Waals surface area contributed by atoms with Gasteiger partial charge in [0.2, 0.25) is 0 Å². The normalized spacial score (nSPS) is 12.2. The van der Waals surface area contributed by atoms with Gasteiger partial charge in [-0.25, -0.2) is 4.39 Å². The van der Waals surface area contributed by atoms with Crippen LogP contribution in [0.25, 0.3) is 0 Å². The van der Waals surface area contributed by atoms with Gasteiger partial charge in [0.25, 0.3) is 0 Å². The molecule has 0 bridgehead atoms. The number of hydrogen-bond donors (Lipinski definition) is 1. The first-order valence-corrected chi connectivity index (χ1v) is 5.70. The molecule has 1 atom stereocenters. The van der Waals surface area contributed by atoms with E-state index in [1.54, 1.807) is 31.5 Å². The molecule has 18 heavy (non-hydrogen) atoms.